The van der Waals surface area contributed by atoms with Crippen molar-refractivity contribution in [1.82, 2.24) is 29.7 Å². The highest BCUT2D eigenvalue weighted by Crippen LogP contribution is 2.61. The molecule has 3 fully saturated rings. The van der Waals surface area contributed by atoms with Crippen molar-refractivity contribution in [3.63, 3.8) is 0 Å². The van der Waals surface area contributed by atoms with Crippen LogP contribution in [0.5, 0.6) is 0 Å². The minimum atomic E-state index is -3.77. The van der Waals surface area contributed by atoms with Crippen LogP contribution in [0, 0.1) is 23.7 Å². The fourth-order valence-corrected chi connectivity index (χ4v) is 6.17. The van der Waals surface area contributed by atoms with Gasteiger partial charge in [0, 0.05) is 11.1 Å². The molecule has 6 rings (SSSR count). The van der Waals surface area contributed by atoms with Crippen molar-refractivity contribution in [2.45, 2.75) is 43.0 Å². The topological polar surface area (TPSA) is 152 Å². The van der Waals surface area contributed by atoms with Crippen molar-refractivity contribution in [3.05, 3.63) is 42.4 Å². The Labute approximate surface area is 179 Å². The van der Waals surface area contributed by atoms with Crippen molar-refractivity contribution in [3.8, 4) is 23.1 Å². The predicted molar refractivity (Wildman–Crippen MR) is 111 cm³/mol. The SMILES string of the molecule is Cc1ccc(S(=O)(=O)NC23CCC(C#N)(C2)C3)cc1-c1cnc(N)c(-n2nccn2)n1. The van der Waals surface area contributed by atoms with Crippen LogP contribution in [0.25, 0.3) is 17.1 Å². The number of nitrogens with zero attached hydrogens (tertiary/aromatic N) is 6. The lowest BCUT2D eigenvalue weighted by atomic mass is 9.66. The lowest BCUT2D eigenvalue weighted by Crippen LogP contribution is -2.55. The summed E-state index contributed by atoms with van der Waals surface area (Å²) in [6, 6.07) is 7.24. The molecule has 2 heterocycles. The number of hydrogen-bond donors (Lipinski definition) is 2. The van der Waals surface area contributed by atoms with Crippen LogP contribution in [0.2, 0.25) is 0 Å². The second kappa shape index (κ2) is 6.57. The lowest BCUT2D eigenvalue weighted by molar-refractivity contribution is 0.161. The first kappa shape index (κ1) is 19.6. The van der Waals surface area contributed by atoms with E-state index >= 15 is 0 Å². The highest BCUT2D eigenvalue weighted by atomic mass is 32.2. The molecule has 11 heteroatoms. The number of fused-ring (bicyclic) bond motifs is 1. The van der Waals surface area contributed by atoms with Gasteiger partial charge in [0.25, 0.3) is 0 Å². The average molecular weight is 437 g/mol. The Morgan fingerprint density at radius 1 is 1.23 bits per heavy atom. The standard InChI is InChI=1S/C20H20N8O2S/c1-13-2-3-14(31(29,30)27-20-5-4-19(10-20,11-20)12-21)8-15(13)16-9-23-17(22)18(26-16)28-24-6-7-25-28/h2-3,6-9,27H,4-5,10-11H2,1H3,(H2,22,23). The predicted octanol–water partition coefficient (Wildman–Crippen LogP) is 1.73. The monoisotopic (exact) mass is 436 g/mol. The molecule has 0 saturated heterocycles. The van der Waals surface area contributed by atoms with E-state index in [-0.39, 0.29) is 21.9 Å². The molecule has 0 radical (unpaired) electrons. The fourth-order valence-electron chi connectivity index (χ4n) is 4.71. The summed E-state index contributed by atoms with van der Waals surface area (Å²) in [5.41, 5.74) is 6.96. The lowest BCUT2D eigenvalue weighted by Gasteiger charge is -2.43. The third-order valence-corrected chi connectivity index (χ3v) is 7.78. The van der Waals surface area contributed by atoms with Crippen LogP contribution in [0.1, 0.15) is 31.2 Å². The normalized spacial score (nSPS) is 24.5. The molecule has 3 N–H and O–H groups in total. The highest BCUT2D eigenvalue weighted by Gasteiger charge is 2.62. The van der Waals surface area contributed by atoms with E-state index in [9.17, 15) is 13.7 Å². The van der Waals surface area contributed by atoms with Gasteiger partial charge in [-0.05, 0) is 50.3 Å². The number of hydrogen-bond acceptors (Lipinski definition) is 8. The number of rotatable bonds is 5. The Morgan fingerprint density at radius 3 is 2.65 bits per heavy atom. The zero-order chi connectivity index (χ0) is 21.9. The van der Waals surface area contributed by atoms with E-state index in [0.717, 1.165) is 12.0 Å². The van der Waals surface area contributed by atoms with E-state index in [4.69, 9.17) is 5.73 Å². The summed E-state index contributed by atoms with van der Waals surface area (Å²) < 4.78 is 29.1. The number of benzene rings is 1. The van der Waals surface area contributed by atoms with Crippen molar-refractivity contribution in [2.75, 3.05) is 5.73 Å². The smallest absolute Gasteiger partial charge is 0.241 e. The highest BCUT2D eigenvalue weighted by molar-refractivity contribution is 7.89. The Hall–Kier alpha value is -3.36. The van der Waals surface area contributed by atoms with E-state index in [1.165, 1.54) is 23.4 Å². The van der Waals surface area contributed by atoms with E-state index < -0.39 is 15.6 Å². The van der Waals surface area contributed by atoms with Crippen LogP contribution < -0.4 is 10.5 Å². The maximum atomic E-state index is 13.1. The Morgan fingerprint density at radius 2 is 1.97 bits per heavy atom. The molecule has 2 aromatic heterocycles. The second-order valence-electron chi connectivity index (χ2n) is 8.39. The molecule has 1 aromatic carbocycles. The molecule has 0 amide bonds. The van der Waals surface area contributed by atoms with E-state index in [0.29, 0.717) is 30.5 Å². The van der Waals surface area contributed by atoms with E-state index in [1.807, 2.05) is 6.92 Å². The number of anilines is 1. The van der Waals surface area contributed by atoms with Gasteiger partial charge in [-0.3, -0.25) is 0 Å². The zero-order valence-corrected chi connectivity index (χ0v) is 17.6. The molecule has 3 saturated carbocycles. The molecule has 3 aliphatic carbocycles. The third kappa shape index (κ3) is 3.15. The minimum Gasteiger partial charge on any atom is -0.380 e. The van der Waals surface area contributed by atoms with Crippen molar-refractivity contribution in [1.29, 1.82) is 5.26 Å². The van der Waals surface area contributed by atoms with Gasteiger partial charge in [-0.25, -0.2) is 23.1 Å². The van der Waals surface area contributed by atoms with Crippen LogP contribution in [0.15, 0.2) is 41.7 Å². The zero-order valence-electron chi connectivity index (χ0n) is 16.8. The van der Waals surface area contributed by atoms with Crippen molar-refractivity contribution >= 4 is 15.8 Å². The van der Waals surface area contributed by atoms with E-state index in [1.54, 1.807) is 18.2 Å². The van der Waals surface area contributed by atoms with Crippen LogP contribution in [-0.2, 0) is 10.0 Å². The molecule has 10 nitrogen and oxygen atoms in total. The molecule has 0 aliphatic heterocycles. The Balaban J connectivity index is 1.49. The van der Waals surface area contributed by atoms with Gasteiger partial charge >= 0.3 is 0 Å². The maximum Gasteiger partial charge on any atom is 0.241 e. The number of nitrogen functional groups attached to an aromatic ring is 1. The van der Waals surface area contributed by atoms with Gasteiger partial charge in [0.15, 0.2) is 5.82 Å². The Kier molecular flexibility index (Phi) is 4.15. The van der Waals surface area contributed by atoms with Gasteiger partial charge < -0.3 is 5.73 Å². The number of nitrogens with one attached hydrogen (secondary N) is 1. The summed E-state index contributed by atoms with van der Waals surface area (Å²) in [6.07, 6.45) is 7.05. The maximum absolute atomic E-state index is 13.1. The summed E-state index contributed by atoms with van der Waals surface area (Å²) >= 11 is 0. The van der Waals surface area contributed by atoms with Crippen LogP contribution >= 0.6 is 0 Å². The molecule has 31 heavy (non-hydrogen) atoms. The molecule has 3 aliphatic rings. The first-order chi connectivity index (χ1) is 14.7. The summed E-state index contributed by atoms with van der Waals surface area (Å²) in [5.74, 6) is 0.426. The number of aromatic nitrogens is 5. The molecular weight excluding hydrogens is 416 g/mol. The fraction of sp³-hybridized carbons (Fsp3) is 0.350. The van der Waals surface area contributed by atoms with Crippen LogP contribution in [0.3, 0.4) is 0 Å². The Bertz CT molecular complexity index is 1320. The number of aryl methyl sites for hydroxylation is 1. The molecule has 0 unspecified atom stereocenters. The van der Waals surface area contributed by atoms with Gasteiger partial charge in [-0.1, -0.05) is 6.07 Å². The number of nitriles is 1. The van der Waals surface area contributed by atoms with E-state index in [2.05, 4.69) is 31.0 Å². The summed E-state index contributed by atoms with van der Waals surface area (Å²) in [5, 5.41) is 17.4. The van der Waals surface area contributed by atoms with Crippen LogP contribution in [-0.4, -0.2) is 38.9 Å². The molecular formula is C20H20N8O2S. The van der Waals surface area contributed by atoms with Crippen molar-refractivity contribution < 1.29 is 8.42 Å². The summed E-state index contributed by atoms with van der Waals surface area (Å²) in [4.78, 5) is 10.1. The quantitative estimate of drug-likeness (QED) is 0.613. The molecule has 3 aromatic rings. The molecule has 0 spiro atoms. The largest absolute Gasteiger partial charge is 0.380 e. The third-order valence-electron chi connectivity index (χ3n) is 6.21. The van der Waals surface area contributed by atoms with Gasteiger partial charge in [0.05, 0.1) is 40.7 Å². The summed E-state index contributed by atoms with van der Waals surface area (Å²) in [6.45, 7) is 1.87. The van der Waals surface area contributed by atoms with Gasteiger partial charge in [-0.2, -0.15) is 15.5 Å². The van der Waals surface area contributed by atoms with Gasteiger partial charge in [0.2, 0.25) is 15.8 Å². The average Bonchev–Trinajstić information content (AvgIpc) is 3.44. The molecule has 158 valence electrons. The summed E-state index contributed by atoms with van der Waals surface area (Å²) in [7, 11) is -3.77. The number of nitrogens with two attached hydrogens (primary N) is 1. The minimum absolute atomic E-state index is 0.140. The second-order valence-corrected chi connectivity index (χ2v) is 10.1. The van der Waals surface area contributed by atoms with Crippen molar-refractivity contribution in [2.24, 2.45) is 5.41 Å². The first-order valence-corrected chi connectivity index (χ1v) is 11.3. The number of sulfonamides is 1. The van der Waals surface area contributed by atoms with Gasteiger partial charge in [-0.15, -0.1) is 4.80 Å². The van der Waals surface area contributed by atoms with Crippen LogP contribution in [0.4, 0.5) is 5.82 Å². The van der Waals surface area contributed by atoms with Gasteiger partial charge in [0.1, 0.15) is 0 Å². The molecule has 2 bridgehead atoms. The molecule has 0 atom stereocenters. The first-order valence-electron chi connectivity index (χ1n) is 9.80.